The molecule has 0 amide bonds. The Balaban J connectivity index is 1.66. The van der Waals surface area contributed by atoms with Crippen molar-refractivity contribution in [2.45, 2.75) is 24.3 Å². The van der Waals surface area contributed by atoms with Crippen LogP contribution in [0.25, 0.3) is 10.9 Å². The third kappa shape index (κ3) is 2.08. The maximum absolute atomic E-state index is 5.04. The van der Waals surface area contributed by atoms with Gasteiger partial charge >= 0.3 is 0 Å². The molecule has 5 rings (SSSR count). The van der Waals surface area contributed by atoms with Gasteiger partial charge in [0.2, 0.25) is 0 Å². The number of nitrogens with one attached hydrogen (secondary N) is 1. The van der Waals surface area contributed by atoms with E-state index in [0.717, 1.165) is 17.4 Å². The molecule has 2 aliphatic rings. The summed E-state index contributed by atoms with van der Waals surface area (Å²) in [4.78, 5) is 15.5. The number of para-hydroxylation sites is 1. The molecule has 1 saturated heterocycles. The van der Waals surface area contributed by atoms with Gasteiger partial charge in [0.25, 0.3) is 0 Å². The number of hydrogen-bond donors (Lipinski definition) is 1. The number of benzene rings is 1. The van der Waals surface area contributed by atoms with Crippen LogP contribution in [0.3, 0.4) is 0 Å². The first kappa shape index (κ1) is 14.1. The van der Waals surface area contributed by atoms with E-state index in [0.29, 0.717) is 5.25 Å². The van der Waals surface area contributed by atoms with Crippen molar-refractivity contribution in [1.29, 1.82) is 0 Å². The Morgan fingerprint density at radius 1 is 1.17 bits per heavy atom. The number of hydrogen-bond acceptors (Lipinski definition) is 4. The van der Waals surface area contributed by atoms with E-state index in [1.807, 2.05) is 30.1 Å². The molecule has 0 aliphatic carbocycles. The summed E-state index contributed by atoms with van der Waals surface area (Å²) < 4.78 is 0. The summed E-state index contributed by atoms with van der Waals surface area (Å²) in [5.74, 6) is 0. The van der Waals surface area contributed by atoms with E-state index in [1.165, 1.54) is 16.5 Å². The van der Waals surface area contributed by atoms with Crippen molar-refractivity contribution in [1.82, 2.24) is 14.9 Å². The smallest absolute Gasteiger partial charge is 0.160 e. The second kappa shape index (κ2) is 5.38. The van der Waals surface area contributed by atoms with Gasteiger partial charge in [-0.1, -0.05) is 43.0 Å². The zero-order valence-electron chi connectivity index (χ0n) is 13.4. The molecular formula is C19H18N4S. The van der Waals surface area contributed by atoms with Gasteiger partial charge < -0.3 is 9.88 Å². The number of aliphatic imine (C=N–C) groups is 1. The molecule has 1 aromatic carbocycles. The molecule has 2 aliphatic heterocycles. The first-order chi connectivity index (χ1) is 11.8. The molecule has 4 heterocycles. The maximum Gasteiger partial charge on any atom is 0.160 e. The second-order valence-electron chi connectivity index (χ2n) is 6.43. The Bertz CT molecular complexity index is 917. The zero-order valence-corrected chi connectivity index (χ0v) is 14.2. The van der Waals surface area contributed by atoms with Crippen LogP contribution in [0.15, 0.2) is 59.9 Å². The Kier molecular flexibility index (Phi) is 3.16. The molecule has 2 aromatic heterocycles. The van der Waals surface area contributed by atoms with Crippen molar-refractivity contribution in [3.05, 3.63) is 66.1 Å². The molecule has 1 fully saturated rings. The number of fused-ring (bicyclic) bond motifs is 2. The number of aromatic amines is 1. The fourth-order valence-corrected chi connectivity index (χ4v) is 4.89. The molecule has 0 spiro atoms. The number of thioether (sulfide) groups is 1. The quantitative estimate of drug-likeness (QED) is 0.765. The zero-order chi connectivity index (χ0) is 16.1. The van der Waals surface area contributed by atoms with Crippen molar-refractivity contribution in [3.63, 3.8) is 0 Å². The highest BCUT2D eigenvalue weighted by Gasteiger charge is 2.44. The average molecular weight is 334 g/mol. The number of rotatable bonds is 2. The van der Waals surface area contributed by atoms with Crippen LogP contribution in [0.1, 0.15) is 30.3 Å². The van der Waals surface area contributed by atoms with E-state index >= 15 is 0 Å². The molecule has 120 valence electrons. The molecule has 3 atom stereocenters. The lowest BCUT2D eigenvalue weighted by Crippen LogP contribution is -2.28. The van der Waals surface area contributed by atoms with Gasteiger partial charge in [-0.3, -0.25) is 9.98 Å². The van der Waals surface area contributed by atoms with Crippen LogP contribution in [0.2, 0.25) is 0 Å². The fraction of sp³-hybridized carbons (Fsp3) is 0.263. The van der Waals surface area contributed by atoms with Crippen molar-refractivity contribution < 1.29 is 0 Å². The van der Waals surface area contributed by atoms with Gasteiger partial charge in [0.1, 0.15) is 6.04 Å². The predicted molar refractivity (Wildman–Crippen MR) is 99.2 cm³/mol. The Labute approximate surface area is 145 Å². The lowest BCUT2D eigenvalue weighted by molar-refractivity contribution is 0.323. The van der Waals surface area contributed by atoms with E-state index in [4.69, 9.17) is 4.99 Å². The monoisotopic (exact) mass is 334 g/mol. The minimum atomic E-state index is 0.0559. The average Bonchev–Trinajstić information content (AvgIpc) is 3.27. The molecule has 4 nitrogen and oxygen atoms in total. The van der Waals surface area contributed by atoms with Crippen molar-refractivity contribution in [2.24, 2.45) is 4.99 Å². The second-order valence-corrected chi connectivity index (χ2v) is 7.83. The standard InChI is InChI=1S/C19H18N4S/c1-12-11-23-18(14-10-21-15-7-3-2-6-13(14)15)17(22-19(23)24-12)16-8-4-5-9-20-16/h2-10,12,17-18,21H,11H2,1H3/t12-,17+,18-/m1/s1. The van der Waals surface area contributed by atoms with E-state index in [-0.39, 0.29) is 12.1 Å². The van der Waals surface area contributed by atoms with Crippen LogP contribution in [0.5, 0.6) is 0 Å². The summed E-state index contributed by atoms with van der Waals surface area (Å²) in [6.45, 7) is 3.31. The third-order valence-electron chi connectivity index (χ3n) is 4.82. The van der Waals surface area contributed by atoms with Crippen LogP contribution in [-0.4, -0.2) is 31.8 Å². The van der Waals surface area contributed by atoms with Crippen LogP contribution in [-0.2, 0) is 0 Å². The normalized spacial score (nSPS) is 26.0. The molecule has 1 N–H and O–H groups in total. The van der Waals surface area contributed by atoms with E-state index in [9.17, 15) is 0 Å². The van der Waals surface area contributed by atoms with Gasteiger partial charge in [-0.05, 0) is 18.2 Å². The topological polar surface area (TPSA) is 44.3 Å². The number of aromatic nitrogens is 2. The van der Waals surface area contributed by atoms with Crippen molar-refractivity contribution >= 4 is 27.8 Å². The molecule has 24 heavy (non-hydrogen) atoms. The summed E-state index contributed by atoms with van der Waals surface area (Å²) in [5, 5.41) is 3.03. The van der Waals surface area contributed by atoms with E-state index in [2.05, 4.69) is 58.3 Å². The summed E-state index contributed by atoms with van der Waals surface area (Å²) in [7, 11) is 0. The summed E-state index contributed by atoms with van der Waals surface area (Å²) in [5.41, 5.74) is 3.54. The largest absolute Gasteiger partial charge is 0.361 e. The van der Waals surface area contributed by atoms with Gasteiger partial charge in [0.05, 0.1) is 11.7 Å². The highest BCUT2D eigenvalue weighted by atomic mass is 32.2. The van der Waals surface area contributed by atoms with Crippen LogP contribution >= 0.6 is 11.8 Å². The summed E-state index contributed by atoms with van der Waals surface area (Å²) >= 11 is 1.88. The molecule has 5 heteroatoms. The minimum Gasteiger partial charge on any atom is -0.361 e. The van der Waals surface area contributed by atoms with Gasteiger partial charge in [-0.2, -0.15) is 0 Å². The fourth-order valence-electron chi connectivity index (χ4n) is 3.79. The SMILES string of the molecule is C[C@@H]1CN2C(=N[C@@H](c3ccccn3)[C@H]2c2c[nH]c3ccccc23)S1. The minimum absolute atomic E-state index is 0.0559. The van der Waals surface area contributed by atoms with Crippen LogP contribution in [0.4, 0.5) is 0 Å². The van der Waals surface area contributed by atoms with Gasteiger partial charge in [-0.15, -0.1) is 0 Å². The summed E-state index contributed by atoms with van der Waals surface area (Å²) in [6.07, 6.45) is 4.01. The number of pyridine rings is 1. The van der Waals surface area contributed by atoms with Gasteiger partial charge in [0, 0.05) is 40.7 Å². The third-order valence-corrected chi connectivity index (χ3v) is 5.92. The number of H-pyrrole nitrogens is 1. The molecule has 0 unspecified atom stereocenters. The lowest BCUT2D eigenvalue weighted by atomic mass is 9.96. The Hall–Kier alpha value is -2.27. The Morgan fingerprint density at radius 3 is 2.92 bits per heavy atom. The van der Waals surface area contributed by atoms with Gasteiger partial charge in [0.15, 0.2) is 5.17 Å². The molecule has 3 aromatic rings. The van der Waals surface area contributed by atoms with Crippen LogP contribution < -0.4 is 0 Å². The highest BCUT2D eigenvalue weighted by molar-refractivity contribution is 8.14. The predicted octanol–water partition coefficient (Wildman–Crippen LogP) is 4.15. The van der Waals surface area contributed by atoms with Gasteiger partial charge in [-0.25, -0.2) is 0 Å². The van der Waals surface area contributed by atoms with Crippen LogP contribution in [0, 0.1) is 0 Å². The first-order valence-corrected chi connectivity index (χ1v) is 9.17. The van der Waals surface area contributed by atoms with E-state index in [1.54, 1.807) is 0 Å². The molecule has 0 bridgehead atoms. The van der Waals surface area contributed by atoms with E-state index < -0.39 is 0 Å². The van der Waals surface area contributed by atoms with Crippen molar-refractivity contribution in [3.8, 4) is 0 Å². The Morgan fingerprint density at radius 2 is 2.04 bits per heavy atom. The number of amidine groups is 1. The molecule has 0 saturated carbocycles. The lowest BCUT2D eigenvalue weighted by Gasteiger charge is -2.26. The first-order valence-electron chi connectivity index (χ1n) is 8.29. The molecule has 0 radical (unpaired) electrons. The molecular weight excluding hydrogens is 316 g/mol. The highest BCUT2D eigenvalue weighted by Crippen LogP contribution is 2.48. The maximum atomic E-state index is 5.04. The number of nitrogens with zero attached hydrogens (tertiary/aromatic N) is 3. The summed E-state index contributed by atoms with van der Waals surface area (Å²) in [6, 6.07) is 14.9. The van der Waals surface area contributed by atoms with Crippen molar-refractivity contribution in [2.75, 3.05) is 6.54 Å².